The maximum absolute atomic E-state index is 13.6. The standard InChI is InChI=1S/C19H19F8NO9S/c1-2-11-7-13(38(23,24,25,26)27)8-12-9-14(16(19(20,21)22)37-15(11)12)17(29)34-10-35-18(30)33-5-3-4-6-36-28(31)32/h7-9,16H,2-6,10H2,1H3/t16-/m0/s1. The van der Waals surface area contributed by atoms with Crippen molar-refractivity contribution in [3.63, 3.8) is 0 Å². The van der Waals surface area contributed by atoms with Crippen LogP contribution in [-0.2, 0) is 30.3 Å². The second-order valence-electron chi connectivity index (χ2n) is 7.52. The molecule has 0 saturated heterocycles. The lowest BCUT2D eigenvalue weighted by molar-refractivity contribution is -0.757. The maximum Gasteiger partial charge on any atom is 0.511 e. The molecule has 38 heavy (non-hydrogen) atoms. The van der Waals surface area contributed by atoms with Gasteiger partial charge in [-0.3, -0.25) is 0 Å². The van der Waals surface area contributed by atoms with Crippen molar-refractivity contribution >= 4 is 28.4 Å². The van der Waals surface area contributed by atoms with Gasteiger partial charge in [-0.25, -0.2) is 9.59 Å². The number of alkyl halides is 3. The van der Waals surface area contributed by atoms with E-state index in [0.29, 0.717) is 0 Å². The fourth-order valence-electron chi connectivity index (χ4n) is 3.01. The minimum Gasteiger partial charge on any atom is -0.475 e. The molecule has 1 atom stereocenters. The first-order valence-electron chi connectivity index (χ1n) is 10.3. The summed E-state index contributed by atoms with van der Waals surface area (Å²) in [5.41, 5.74) is -2.88. The van der Waals surface area contributed by atoms with E-state index >= 15 is 0 Å². The van der Waals surface area contributed by atoms with Crippen molar-refractivity contribution < 1.29 is 71.1 Å². The molecule has 10 nitrogen and oxygen atoms in total. The van der Waals surface area contributed by atoms with E-state index in [1.54, 1.807) is 0 Å². The average Bonchev–Trinajstić information content (AvgIpc) is 2.77. The van der Waals surface area contributed by atoms with Crippen molar-refractivity contribution in [1.82, 2.24) is 0 Å². The summed E-state index contributed by atoms with van der Waals surface area (Å²) in [6.45, 7) is -0.690. The highest BCUT2D eigenvalue weighted by Crippen LogP contribution is 3.02. The SMILES string of the molecule is CCc1cc(S(F)(F)(F)(F)F)cc2c1O[C@H](C(F)(F)F)C(C(=O)OCOC(=O)OCCCCO[N+](=O)[O-])=C2. The molecule has 0 bridgehead atoms. The van der Waals surface area contributed by atoms with E-state index in [0.717, 1.165) is 0 Å². The lowest BCUT2D eigenvalue weighted by Crippen LogP contribution is -2.41. The smallest absolute Gasteiger partial charge is 0.475 e. The molecule has 0 N–H and O–H groups in total. The Morgan fingerprint density at radius 3 is 2.24 bits per heavy atom. The number of fused-ring (bicyclic) bond motifs is 1. The molecule has 0 spiro atoms. The minimum atomic E-state index is -10.3. The fourth-order valence-corrected chi connectivity index (χ4v) is 3.72. The predicted octanol–water partition coefficient (Wildman–Crippen LogP) is 6.26. The number of esters is 1. The van der Waals surface area contributed by atoms with Gasteiger partial charge >= 0.3 is 28.5 Å². The number of nitrogens with zero attached hydrogens (tertiary/aromatic N) is 1. The van der Waals surface area contributed by atoms with Gasteiger partial charge < -0.3 is 23.8 Å². The molecule has 216 valence electrons. The fraction of sp³-hybridized carbons (Fsp3) is 0.474. The van der Waals surface area contributed by atoms with Crippen LogP contribution in [0.25, 0.3) is 6.08 Å². The highest BCUT2D eigenvalue weighted by Gasteiger charge is 2.66. The molecule has 19 heteroatoms. The third-order valence-electron chi connectivity index (χ3n) is 4.68. The summed E-state index contributed by atoms with van der Waals surface area (Å²) >= 11 is 0. The van der Waals surface area contributed by atoms with Gasteiger partial charge in [-0.1, -0.05) is 26.4 Å². The first-order chi connectivity index (χ1) is 17.2. The summed E-state index contributed by atoms with van der Waals surface area (Å²) in [7, 11) is -10.3. The average molecular weight is 589 g/mol. The quantitative estimate of drug-likeness (QED) is 0.0735. The van der Waals surface area contributed by atoms with Crippen LogP contribution in [0.5, 0.6) is 5.75 Å². The molecule has 0 amide bonds. The lowest BCUT2D eigenvalue weighted by Gasteiger charge is -2.41. The van der Waals surface area contributed by atoms with Gasteiger partial charge in [0, 0.05) is 5.56 Å². The molecule has 1 aliphatic rings. The van der Waals surface area contributed by atoms with Crippen LogP contribution in [0.3, 0.4) is 0 Å². The summed E-state index contributed by atoms with van der Waals surface area (Å²) in [6.07, 6.45) is -9.69. The first-order valence-corrected chi connectivity index (χ1v) is 12.3. The number of hydrogen-bond acceptors (Lipinski definition) is 9. The van der Waals surface area contributed by atoms with Gasteiger partial charge in [0.2, 0.25) is 12.9 Å². The van der Waals surface area contributed by atoms with Gasteiger partial charge in [0.25, 0.3) is 5.09 Å². The third kappa shape index (κ3) is 8.52. The molecule has 1 aromatic carbocycles. The van der Waals surface area contributed by atoms with Crippen LogP contribution in [0, 0.1) is 10.1 Å². The molecule has 0 aromatic heterocycles. The number of halogens is 8. The number of aryl methyl sites for hydroxylation is 1. The molecule has 1 heterocycles. The highest BCUT2D eigenvalue weighted by atomic mass is 32.5. The Hall–Kier alpha value is -3.51. The number of carbonyl (C=O) groups excluding carboxylic acids is 2. The second-order valence-corrected chi connectivity index (χ2v) is 9.93. The number of carbonyl (C=O) groups is 2. The Kier molecular flexibility index (Phi) is 8.35. The molecule has 0 aliphatic carbocycles. The Labute approximate surface area is 208 Å². The van der Waals surface area contributed by atoms with E-state index in [1.165, 1.54) is 6.92 Å². The number of rotatable bonds is 11. The Balaban J connectivity index is 2.16. The molecule has 0 radical (unpaired) electrons. The van der Waals surface area contributed by atoms with E-state index in [1.807, 2.05) is 0 Å². The topological polar surface area (TPSA) is 123 Å². The van der Waals surface area contributed by atoms with Crippen molar-refractivity contribution in [3.05, 3.63) is 38.9 Å². The number of unbranched alkanes of at least 4 members (excludes halogenated alkanes) is 1. The van der Waals surface area contributed by atoms with Crippen molar-refractivity contribution in [1.29, 1.82) is 0 Å². The molecule has 0 unspecified atom stereocenters. The lowest BCUT2D eigenvalue weighted by atomic mass is 9.98. The molecule has 2 rings (SSSR count). The zero-order valence-electron chi connectivity index (χ0n) is 19.1. The third-order valence-corrected chi connectivity index (χ3v) is 5.81. The summed E-state index contributed by atoms with van der Waals surface area (Å²) in [5.74, 6) is -2.61. The zero-order valence-corrected chi connectivity index (χ0v) is 19.9. The number of hydrogen-bond donors (Lipinski definition) is 0. The Morgan fingerprint density at radius 2 is 1.68 bits per heavy atom. The van der Waals surface area contributed by atoms with Crippen LogP contribution in [0.15, 0.2) is 22.6 Å². The van der Waals surface area contributed by atoms with E-state index < -0.39 is 80.3 Å². The zero-order chi connectivity index (χ0) is 29.0. The van der Waals surface area contributed by atoms with Crippen LogP contribution in [0.1, 0.15) is 30.9 Å². The molecule has 0 saturated carbocycles. The monoisotopic (exact) mass is 589 g/mol. The van der Waals surface area contributed by atoms with Crippen LogP contribution < -0.4 is 4.74 Å². The van der Waals surface area contributed by atoms with Gasteiger partial charge in [0.05, 0.1) is 18.8 Å². The van der Waals surface area contributed by atoms with Gasteiger partial charge in [0.15, 0.2) is 0 Å². The highest BCUT2D eigenvalue weighted by molar-refractivity contribution is 8.45. The summed E-state index contributed by atoms with van der Waals surface area (Å²) in [4.78, 5) is 35.3. The van der Waals surface area contributed by atoms with E-state index in [2.05, 4.69) is 19.0 Å². The van der Waals surface area contributed by atoms with Crippen molar-refractivity contribution in [2.75, 3.05) is 20.0 Å². The van der Waals surface area contributed by atoms with E-state index in [4.69, 9.17) is 4.74 Å². The van der Waals surface area contributed by atoms with E-state index in [9.17, 15) is 52.3 Å². The van der Waals surface area contributed by atoms with E-state index in [-0.39, 0.29) is 44.3 Å². The largest absolute Gasteiger partial charge is 0.511 e. The van der Waals surface area contributed by atoms with Crippen LogP contribution in [0.4, 0.5) is 37.4 Å². The molecule has 1 aliphatic heterocycles. The maximum atomic E-state index is 13.6. The molecule has 1 aromatic rings. The van der Waals surface area contributed by atoms with Crippen LogP contribution in [-0.4, -0.2) is 49.5 Å². The van der Waals surface area contributed by atoms with Gasteiger partial charge in [-0.05, 0) is 43.0 Å². The number of benzene rings is 1. The summed E-state index contributed by atoms with van der Waals surface area (Å²) < 4.78 is 125. The summed E-state index contributed by atoms with van der Waals surface area (Å²) in [5, 5.41) is 8.93. The van der Waals surface area contributed by atoms with Crippen molar-refractivity contribution in [2.24, 2.45) is 0 Å². The second kappa shape index (κ2) is 10.3. The van der Waals surface area contributed by atoms with Gasteiger partial charge in [-0.2, -0.15) is 13.2 Å². The molecular weight excluding hydrogens is 570 g/mol. The number of ether oxygens (including phenoxy) is 4. The predicted molar refractivity (Wildman–Crippen MR) is 111 cm³/mol. The van der Waals surface area contributed by atoms with Crippen molar-refractivity contribution in [2.45, 2.75) is 43.4 Å². The minimum absolute atomic E-state index is 0.0141. The van der Waals surface area contributed by atoms with Gasteiger partial charge in [-0.15, -0.1) is 10.1 Å². The molecule has 0 fully saturated rings. The normalized spacial score (nSPS) is 17.1. The van der Waals surface area contributed by atoms with Crippen LogP contribution in [0.2, 0.25) is 0 Å². The van der Waals surface area contributed by atoms with Gasteiger partial charge in [0.1, 0.15) is 10.6 Å². The first kappa shape index (κ1) is 30.7. The Morgan fingerprint density at radius 1 is 1.05 bits per heavy atom. The van der Waals surface area contributed by atoms with Crippen molar-refractivity contribution in [3.8, 4) is 5.75 Å². The Bertz CT molecular complexity index is 1120. The molecular formula is C19H19F8NO9S. The summed E-state index contributed by atoms with van der Waals surface area (Å²) in [6, 6.07) is -0.153. The van der Waals surface area contributed by atoms with Crippen LogP contribution >= 0.6 is 10.2 Å².